The van der Waals surface area contributed by atoms with E-state index in [4.69, 9.17) is 9.47 Å². The Kier molecular flexibility index (Phi) is 7.23. The van der Waals surface area contributed by atoms with Gasteiger partial charge in [0, 0.05) is 51.3 Å². The number of likely N-dealkylation sites (tertiary alicyclic amines) is 1. The van der Waals surface area contributed by atoms with Gasteiger partial charge in [0.1, 0.15) is 23.6 Å². The maximum atomic E-state index is 14.7. The average Bonchev–Trinajstić information content (AvgIpc) is 2.68. The Hall–Kier alpha value is -2.58. The van der Waals surface area contributed by atoms with Gasteiger partial charge in [-0.25, -0.2) is 13.6 Å². The van der Waals surface area contributed by atoms with Gasteiger partial charge in [-0.3, -0.25) is 4.79 Å². The largest absolute Gasteiger partial charge is 0.492 e. The maximum absolute atomic E-state index is 14.7. The molecule has 2 aliphatic heterocycles. The summed E-state index contributed by atoms with van der Waals surface area (Å²) in [6.07, 6.45) is 1.98. The average molecular weight is 440 g/mol. The number of ether oxygens (including phenoxy) is 2. The smallest absolute Gasteiger partial charge is 0.410 e. The standard InChI is InChI=1S/C22H31F2N3O4/c1-22(2,3)31-21(29)27-10-8-26(9-11-27)20-17(23)14-16(15-18(20)24)30-13-12-25-7-5-4-6-19(25)28/h14-15H,4-13H2,1-3H3. The summed E-state index contributed by atoms with van der Waals surface area (Å²) in [5.74, 6) is -1.24. The van der Waals surface area contributed by atoms with Crippen molar-refractivity contribution in [3.8, 4) is 5.75 Å². The monoisotopic (exact) mass is 439 g/mol. The van der Waals surface area contributed by atoms with Gasteiger partial charge < -0.3 is 24.2 Å². The molecule has 2 saturated heterocycles. The number of benzene rings is 1. The quantitative estimate of drug-likeness (QED) is 0.704. The second-order valence-corrected chi connectivity index (χ2v) is 8.88. The minimum absolute atomic E-state index is 0.0908. The van der Waals surface area contributed by atoms with Crippen LogP contribution in [0.1, 0.15) is 40.0 Å². The Labute approximate surface area is 181 Å². The molecule has 0 aromatic heterocycles. The Morgan fingerprint density at radius 2 is 1.68 bits per heavy atom. The molecular weight excluding hydrogens is 408 g/mol. The molecule has 0 unspecified atom stereocenters. The molecule has 7 nitrogen and oxygen atoms in total. The predicted octanol–water partition coefficient (Wildman–Crippen LogP) is 3.41. The fourth-order valence-corrected chi connectivity index (χ4v) is 3.74. The summed E-state index contributed by atoms with van der Waals surface area (Å²) in [7, 11) is 0. The first-order chi connectivity index (χ1) is 14.6. The zero-order valence-electron chi connectivity index (χ0n) is 18.5. The molecule has 0 radical (unpaired) electrons. The van der Waals surface area contributed by atoms with Crippen LogP contribution >= 0.6 is 0 Å². The lowest BCUT2D eigenvalue weighted by atomic mass is 10.1. The molecule has 9 heteroatoms. The maximum Gasteiger partial charge on any atom is 0.410 e. The van der Waals surface area contributed by atoms with Crippen LogP contribution in [0, 0.1) is 11.6 Å². The van der Waals surface area contributed by atoms with Crippen LogP contribution in [-0.2, 0) is 9.53 Å². The van der Waals surface area contributed by atoms with Gasteiger partial charge in [-0.15, -0.1) is 0 Å². The highest BCUT2D eigenvalue weighted by Gasteiger charge is 2.28. The van der Waals surface area contributed by atoms with E-state index in [1.165, 1.54) is 4.90 Å². The molecule has 2 amide bonds. The SMILES string of the molecule is CC(C)(C)OC(=O)N1CCN(c2c(F)cc(OCCN3CCCCC3=O)cc2F)CC1. The number of piperidine rings is 1. The van der Waals surface area contributed by atoms with Crippen LogP contribution in [-0.4, -0.2) is 73.3 Å². The minimum Gasteiger partial charge on any atom is -0.492 e. The van der Waals surface area contributed by atoms with Crippen LogP contribution in [0.5, 0.6) is 5.75 Å². The summed E-state index contributed by atoms with van der Waals surface area (Å²) < 4.78 is 40.2. The van der Waals surface area contributed by atoms with E-state index in [1.54, 1.807) is 30.6 Å². The molecule has 0 N–H and O–H groups in total. The summed E-state index contributed by atoms with van der Waals surface area (Å²) in [4.78, 5) is 28.8. The van der Waals surface area contributed by atoms with E-state index < -0.39 is 23.3 Å². The second kappa shape index (κ2) is 9.70. The number of hydrogen-bond donors (Lipinski definition) is 0. The molecule has 172 valence electrons. The van der Waals surface area contributed by atoms with Crippen molar-refractivity contribution in [3.63, 3.8) is 0 Å². The van der Waals surface area contributed by atoms with Gasteiger partial charge in [-0.1, -0.05) is 0 Å². The molecule has 0 bridgehead atoms. The third-order valence-electron chi connectivity index (χ3n) is 5.29. The normalized spacial score (nSPS) is 17.7. The number of amides is 2. The van der Waals surface area contributed by atoms with E-state index in [1.807, 2.05) is 0 Å². The van der Waals surface area contributed by atoms with Crippen molar-refractivity contribution in [1.82, 2.24) is 9.80 Å². The summed E-state index contributed by atoms with van der Waals surface area (Å²) in [5, 5.41) is 0. The third-order valence-corrected chi connectivity index (χ3v) is 5.29. The number of hydrogen-bond acceptors (Lipinski definition) is 5. The van der Waals surface area contributed by atoms with Gasteiger partial charge in [0.05, 0.1) is 6.54 Å². The number of carbonyl (C=O) groups excluding carboxylic acids is 2. The molecule has 2 aliphatic rings. The third kappa shape index (κ3) is 6.21. The minimum atomic E-state index is -0.713. The number of rotatable bonds is 5. The van der Waals surface area contributed by atoms with Gasteiger partial charge in [0.25, 0.3) is 0 Å². The van der Waals surface area contributed by atoms with E-state index in [2.05, 4.69) is 0 Å². The lowest BCUT2D eigenvalue weighted by molar-refractivity contribution is -0.133. The van der Waals surface area contributed by atoms with Gasteiger partial charge in [0.2, 0.25) is 5.91 Å². The van der Waals surface area contributed by atoms with Crippen molar-refractivity contribution in [2.75, 3.05) is 50.8 Å². The van der Waals surface area contributed by atoms with E-state index >= 15 is 0 Å². The number of carbonyl (C=O) groups is 2. The van der Waals surface area contributed by atoms with Crippen molar-refractivity contribution in [2.45, 2.75) is 45.6 Å². The molecule has 3 rings (SSSR count). The highest BCUT2D eigenvalue weighted by molar-refractivity contribution is 5.76. The first-order valence-electron chi connectivity index (χ1n) is 10.8. The molecule has 0 aliphatic carbocycles. The zero-order chi connectivity index (χ0) is 22.6. The van der Waals surface area contributed by atoms with Crippen LogP contribution in [0.2, 0.25) is 0 Å². The molecular formula is C22H31F2N3O4. The van der Waals surface area contributed by atoms with Crippen molar-refractivity contribution in [1.29, 1.82) is 0 Å². The van der Waals surface area contributed by atoms with Crippen LogP contribution in [0.25, 0.3) is 0 Å². The molecule has 1 aromatic carbocycles. The van der Waals surface area contributed by atoms with Gasteiger partial charge in [0.15, 0.2) is 11.6 Å². The first kappa shape index (κ1) is 23.1. The van der Waals surface area contributed by atoms with Gasteiger partial charge in [-0.2, -0.15) is 0 Å². The Morgan fingerprint density at radius 1 is 1.03 bits per heavy atom. The summed E-state index contributed by atoms with van der Waals surface area (Å²) in [6.45, 7) is 7.87. The lowest BCUT2D eigenvalue weighted by Gasteiger charge is -2.37. The van der Waals surface area contributed by atoms with Crippen molar-refractivity contribution in [3.05, 3.63) is 23.8 Å². The Balaban J connectivity index is 1.54. The fourth-order valence-electron chi connectivity index (χ4n) is 3.74. The van der Waals surface area contributed by atoms with E-state index in [-0.39, 0.29) is 24.0 Å². The van der Waals surface area contributed by atoms with Crippen LogP contribution in [0.4, 0.5) is 19.3 Å². The summed E-state index contributed by atoms with van der Waals surface area (Å²) >= 11 is 0. The van der Waals surface area contributed by atoms with Crippen LogP contribution < -0.4 is 9.64 Å². The molecule has 31 heavy (non-hydrogen) atoms. The van der Waals surface area contributed by atoms with E-state index in [0.717, 1.165) is 25.0 Å². The Morgan fingerprint density at radius 3 is 2.26 bits per heavy atom. The van der Waals surface area contributed by atoms with Crippen LogP contribution in [0.15, 0.2) is 12.1 Å². The number of halogens is 2. The molecule has 2 fully saturated rings. The van der Waals surface area contributed by atoms with Gasteiger partial charge in [-0.05, 0) is 33.6 Å². The zero-order valence-corrected chi connectivity index (χ0v) is 18.5. The number of piperazine rings is 1. The highest BCUT2D eigenvalue weighted by Crippen LogP contribution is 2.29. The lowest BCUT2D eigenvalue weighted by Crippen LogP contribution is -2.50. The van der Waals surface area contributed by atoms with Crippen molar-refractivity contribution < 1.29 is 27.8 Å². The topological polar surface area (TPSA) is 62.3 Å². The molecule has 2 heterocycles. The fraction of sp³-hybridized carbons (Fsp3) is 0.636. The molecule has 0 atom stereocenters. The molecule has 1 aromatic rings. The molecule has 0 spiro atoms. The van der Waals surface area contributed by atoms with Crippen LogP contribution in [0.3, 0.4) is 0 Å². The van der Waals surface area contributed by atoms with Crippen molar-refractivity contribution in [2.24, 2.45) is 0 Å². The number of nitrogens with zero attached hydrogens (tertiary/aromatic N) is 3. The van der Waals surface area contributed by atoms with Crippen molar-refractivity contribution >= 4 is 17.7 Å². The summed E-state index contributed by atoms with van der Waals surface area (Å²) in [6, 6.07) is 2.33. The number of anilines is 1. The van der Waals surface area contributed by atoms with Gasteiger partial charge >= 0.3 is 6.09 Å². The first-order valence-corrected chi connectivity index (χ1v) is 10.8. The molecule has 0 saturated carbocycles. The highest BCUT2D eigenvalue weighted by atomic mass is 19.1. The second-order valence-electron chi connectivity index (χ2n) is 8.88. The predicted molar refractivity (Wildman–Crippen MR) is 112 cm³/mol. The Bertz CT molecular complexity index is 781. The summed E-state index contributed by atoms with van der Waals surface area (Å²) in [5.41, 5.74) is -0.716. The van der Waals surface area contributed by atoms with E-state index in [9.17, 15) is 18.4 Å². The van der Waals surface area contributed by atoms with E-state index in [0.29, 0.717) is 45.7 Å².